The van der Waals surface area contributed by atoms with Crippen molar-refractivity contribution in [2.45, 2.75) is 50.1 Å². The smallest absolute Gasteiger partial charge is 0.243 e. The number of aryl methyl sites for hydroxylation is 1. The van der Waals surface area contributed by atoms with Crippen LogP contribution in [0.25, 0.3) is 0 Å². The van der Waals surface area contributed by atoms with E-state index >= 15 is 0 Å². The van der Waals surface area contributed by atoms with Crippen LogP contribution < -0.4 is 5.32 Å². The lowest BCUT2D eigenvalue weighted by molar-refractivity contribution is 0.388. The molecule has 5 heteroatoms. The minimum Gasteiger partial charge on any atom is -0.316 e. The standard InChI is InChI=1S/C16H24N2O2S/c1-12-3-4-14(10-17-2)9-16(12)21(19,20)18(15-7-8-15)11-13-5-6-13/h3-4,9,13,15,17H,5-8,10-11H2,1-2H3. The van der Waals surface area contributed by atoms with Gasteiger partial charge in [-0.05, 0) is 62.8 Å². The van der Waals surface area contributed by atoms with Crippen molar-refractivity contribution in [3.8, 4) is 0 Å². The van der Waals surface area contributed by atoms with E-state index < -0.39 is 10.0 Å². The van der Waals surface area contributed by atoms with Crippen molar-refractivity contribution >= 4 is 10.0 Å². The summed E-state index contributed by atoms with van der Waals surface area (Å²) < 4.78 is 27.9. The summed E-state index contributed by atoms with van der Waals surface area (Å²) in [6.45, 7) is 3.29. The first kappa shape index (κ1) is 15.0. The highest BCUT2D eigenvalue weighted by molar-refractivity contribution is 7.89. The molecule has 0 heterocycles. The van der Waals surface area contributed by atoms with E-state index in [1.165, 1.54) is 12.8 Å². The van der Waals surface area contributed by atoms with E-state index in [1.54, 1.807) is 4.31 Å². The van der Waals surface area contributed by atoms with Crippen molar-refractivity contribution < 1.29 is 8.42 Å². The minimum absolute atomic E-state index is 0.239. The normalized spacial score (nSPS) is 19.2. The second-order valence-electron chi connectivity index (χ2n) is 6.38. The fourth-order valence-electron chi connectivity index (χ4n) is 2.72. The van der Waals surface area contributed by atoms with E-state index in [4.69, 9.17) is 0 Å². The molecule has 2 aliphatic rings. The lowest BCUT2D eigenvalue weighted by Crippen LogP contribution is -2.35. The molecule has 2 aliphatic carbocycles. The van der Waals surface area contributed by atoms with Crippen LogP contribution >= 0.6 is 0 Å². The number of rotatable bonds is 7. The lowest BCUT2D eigenvalue weighted by Gasteiger charge is -2.23. The average molecular weight is 308 g/mol. The first-order chi connectivity index (χ1) is 10.0. The van der Waals surface area contributed by atoms with E-state index in [2.05, 4.69) is 5.32 Å². The van der Waals surface area contributed by atoms with Gasteiger partial charge in [0, 0.05) is 19.1 Å². The molecule has 0 aliphatic heterocycles. The SMILES string of the molecule is CNCc1ccc(C)c(S(=O)(=O)N(CC2CC2)C2CC2)c1. The zero-order chi connectivity index (χ0) is 15.0. The molecule has 0 saturated heterocycles. The molecule has 1 aromatic rings. The molecule has 0 atom stereocenters. The van der Waals surface area contributed by atoms with Gasteiger partial charge >= 0.3 is 0 Å². The van der Waals surface area contributed by atoms with Gasteiger partial charge in [0.05, 0.1) is 4.90 Å². The van der Waals surface area contributed by atoms with Gasteiger partial charge in [0.25, 0.3) is 0 Å². The van der Waals surface area contributed by atoms with Crippen molar-refractivity contribution in [1.29, 1.82) is 0 Å². The van der Waals surface area contributed by atoms with Gasteiger partial charge in [-0.25, -0.2) is 8.42 Å². The monoisotopic (exact) mass is 308 g/mol. The molecule has 3 rings (SSSR count). The molecule has 4 nitrogen and oxygen atoms in total. The molecular formula is C16H24N2O2S. The van der Waals surface area contributed by atoms with Crippen LogP contribution in [-0.4, -0.2) is 32.4 Å². The molecule has 0 radical (unpaired) electrons. The Morgan fingerprint density at radius 1 is 1.24 bits per heavy atom. The van der Waals surface area contributed by atoms with Crippen LogP contribution in [0.5, 0.6) is 0 Å². The lowest BCUT2D eigenvalue weighted by atomic mass is 10.1. The Morgan fingerprint density at radius 2 is 1.95 bits per heavy atom. The summed E-state index contributed by atoms with van der Waals surface area (Å²) in [5.74, 6) is 0.584. The van der Waals surface area contributed by atoms with E-state index in [0.29, 0.717) is 23.9 Å². The van der Waals surface area contributed by atoms with Crippen LogP contribution in [0.2, 0.25) is 0 Å². The number of hydrogen-bond donors (Lipinski definition) is 1. The van der Waals surface area contributed by atoms with Crippen LogP contribution in [0.3, 0.4) is 0 Å². The van der Waals surface area contributed by atoms with Crippen LogP contribution in [0.4, 0.5) is 0 Å². The highest BCUT2D eigenvalue weighted by Crippen LogP contribution is 2.38. The summed E-state index contributed by atoms with van der Waals surface area (Å²) >= 11 is 0. The first-order valence-electron chi connectivity index (χ1n) is 7.78. The van der Waals surface area contributed by atoms with Crippen molar-refractivity contribution in [2.75, 3.05) is 13.6 Å². The van der Waals surface area contributed by atoms with Crippen molar-refractivity contribution in [3.63, 3.8) is 0 Å². The van der Waals surface area contributed by atoms with Gasteiger partial charge in [-0.3, -0.25) is 0 Å². The Kier molecular flexibility index (Phi) is 4.08. The molecule has 21 heavy (non-hydrogen) atoms. The molecule has 2 saturated carbocycles. The minimum atomic E-state index is -3.36. The van der Waals surface area contributed by atoms with E-state index in [-0.39, 0.29) is 6.04 Å². The molecule has 0 amide bonds. The van der Waals surface area contributed by atoms with Crippen molar-refractivity contribution in [3.05, 3.63) is 29.3 Å². The maximum absolute atomic E-state index is 13.1. The largest absolute Gasteiger partial charge is 0.316 e. The van der Waals surface area contributed by atoms with Crippen molar-refractivity contribution in [2.24, 2.45) is 5.92 Å². The third-order valence-electron chi connectivity index (χ3n) is 4.31. The Bertz CT molecular complexity index is 619. The van der Waals surface area contributed by atoms with Gasteiger partial charge in [0.2, 0.25) is 10.0 Å². The predicted octanol–water partition coefficient (Wildman–Crippen LogP) is 2.28. The van der Waals surface area contributed by atoms with Gasteiger partial charge in [-0.2, -0.15) is 4.31 Å². The number of benzene rings is 1. The number of sulfonamides is 1. The van der Waals surface area contributed by atoms with Crippen LogP contribution in [0.1, 0.15) is 36.8 Å². The maximum Gasteiger partial charge on any atom is 0.243 e. The van der Waals surface area contributed by atoms with Crippen LogP contribution in [0.15, 0.2) is 23.1 Å². The number of hydrogen-bond acceptors (Lipinski definition) is 3. The Hall–Kier alpha value is -0.910. The van der Waals surface area contributed by atoms with E-state index in [0.717, 1.165) is 24.0 Å². The Labute approximate surface area is 127 Å². The fraction of sp³-hybridized carbons (Fsp3) is 0.625. The third kappa shape index (κ3) is 3.30. The summed E-state index contributed by atoms with van der Waals surface area (Å²) in [5.41, 5.74) is 1.86. The second-order valence-corrected chi connectivity index (χ2v) is 8.24. The third-order valence-corrected chi connectivity index (χ3v) is 6.37. The topological polar surface area (TPSA) is 49.4 Å². The predicted molar refractivity (Wildman–Crippen MR) is 83.6 cm³/mol. The van der Waals surface area contributed by atoms with E-state index in [1.807, 2.05) is 32.2 Å². The number of nitrogens with one attached hydrogen (secondary N) is 1. The molecule has 0 unspecified atom stereocenters. The maximum atomic E-state index is 13.1. The average Bonchev–Trinajstić information content (AvgIpc) is 3.31. The first-order valence-corrected chi connectivity index (χ1v) is 9.22. The Morgan fingerprint density at radius 3 is 2.52 bits per heavy atom. The molecule has 0 spiro atoms. The van der Waals surface area contributed by atoms with Gasteiger partial charge in [-0.1, -0.05) is 12.1 Å². The van der Waals surface area contributed by atoms with E-state index in [9.17, 15) is 8.42 Å². The Balaban J connectivity index is 1.93. The molecule has 1 N–H and O–H groups in total. The molecular weight excluding hydrogens is 284 g/mol. The summed E-state index contributed by atoms with van der Waals surface area (Å²) in [7, 11) is -1.49. The summed E-state index contributed by atoms with van der Waals surface area (Å²) in [5, 5.41) is 3.08. The highest BCUT2D eigenvalue weighted by Gasteiger charge is 2.41. The highest BCUT2D eigenvalue weighted by atomic mass is 32.2. The summed E-state index contributed by atoms with van der Waals surface area (Å²) in [6, 6.07) is 5.99. The molecule has 2 fully saturated rings. The second kappa shape index (κ2) is 5.71. The van der Waals surface area contributed by atoms with Gasteiger partial charge < -0.3 is 5.32 Å². The van der Waals surface area contributed by atoms with Crippen LogP contribution in [-0.2, 0) is 16.6 Å². The van der Waals surface area contributed by atoms with Crippen molar-refractivity contribution in [1.82, 2.24) is 9.62 Å². The zero-order valence-corrected chi connectivity index (χ0v) is 13.6. The summed E-state index contributed by atoms with van der Waals surface area (Å²) in [6.07, 6.45) is 4.39. The fourth-order valence-corrected chi connectivity index (χ4v) is 4.76. The molecule has 1 aromatic carbocycles. The zero-order valence-electron chi connectivity index (χ0n) is 12.8. The van der Waals surface area contributed by atoms with Gasteiger partial charge in [-0.15, -0.1) is 0 Å². The molecule has 0 aromatic heterocycles. The molecule has 116 valence electrons. The van der Waals surface area contributed by atoms with Gasteiger partial charge in [0.1, 0.15) is 0 Å². The molecule has 0 bridgehead atoms. The van der Waals surface area contributed by atoms with Crippen LogP contribution in [0, 0.1) is 12.8 Å². The van der Waals surface area contributed by atoms with Gasteiger partial charge in [0.15, 0.2) is 0 Å². The quantitative estimate of drug-likeness (QED) is 0.841. The summed E-state index contributed by atoms with van der Waals surface area (Å²) in [4.78, 5) is 0.489. The number of nitrogens with zero attached hydrogens (tertiary/aromatic N) is 1.